The fraction of sp³-hybridized carbons (Fsp3) is 0.545. The Morgan fingerprint density at radius 3 is 2.79 bits per heavy atom. The molecule has 3 aromatic rings. The molecule has 0 bridgehead atoms. The molecule has 1 aliphatic heterocycles. The normalized spacial score (nSPS) is 18.9. The smallest absolute Gasteiger partial charge is 0.291 e. The number of amides is 1. The fourth-order valence-corrected chi connectivity index (χ4v) is 5.92. The summed E-state index contributed by atoms with van der Waals surface area (Å²) in [5.41, 5.74) is 0.177. The largest absolute Gasteiger partial charge is 0.483 e. The van der Waals surface area contributed by atoms with Crippen LogP contribution >= 0.6 is 22.9 Å². The van der Waals surface area contributed by atoms with Crippen LogP contribution in [0.25, 0.3) is 15.7 Å². The number of carbonyl (C=O) groups is 2. The van der Waals surface area contributed by atoms with Gasteiger partial charge in [-0.05, 0) is 44.4 Å². The predicted octanol–water partition coefficient (Wildman–Crippen LogP) is 2.34. The average molecular weight is 510 g/mol. The monoisotopic (exact) mass is 509 g/mol. The molecule has 1 saturated carbocycles. The van der Waals surface area contributed by atoms with Crippen molar-refractivity contribution in [2.75, 3.05) is 20.2 Å². The molecule has 1 saturated heterocycles. The lowest BCUT2D eigenvalue weighted by Gasteiger charge is -2.42. The number of rotatable bonds is 6. The van der Waals surface area contributed by atoms with E-state index in [4.69, 9.17) is 26.2 Å². The van der Waals surface area contributed by atoms with E-state index in [1.165, 1.54) is 35.3 Å². The first-order chi connectivity index (χ1) is 16.4. The van der Waals surface area contributed by atoms with E-state index in [9.17, 15) is 9.59 Å². The summed E-state index contributed by atoms with van der Waals surface area (Å²) >= 11 is 7.53. The van der Waals surface area contributed by atoms with Crippen LogP contribution in [0, 0.1) is 0 Å². The Kier molecular flexibility index (Phi) is 7.87. The van der Waals surface area contributed by atoms with Crippen molar-refractivity contribution in [3.8, 4) is 0 Å². The molecule has 5 rings (SSSR count). The van der Waals surface area contributed by atoms with Crippen LogP contribution in [0.1, 0.15) is 37.9 Å². The maximum absolute atomic E-state index is 13.1. The van der Waals surface area contributed by atoms with Crippen molar-refractivity contribution in [2.24, 2.45) is 0 Å². The van der Waals surface area contributed by atoms with Crippen LogP contribution in [0.4, 0.5) is 0 Å². The lowest BCUT2D eigenvalue weighted by Crippen LogP contribution is -2.53. The molecule has 0 aromatic carbocycles. The van der Waals surface area contributed by atoms with Crippen molar-refractivity contribution < 1.29 is 19.4 Å². The first kappa shape index (κ1) is 24.6. The number of nitrogens with one attached hydrogen (secondary N) is 1. The molecule has 184 valence electrons. The lowest BCUT2D eigenvalue weighted by atomic mass is 9.89. The quantitative estimate of drug-likeness (QED) is 0.489. The zero-order valence-corrected chi connectivity index (χ0v) is 20.5. The highest BCUT2D eigenvalue weighted by Crippen LogP contribution is 2.32. The number of halogens is 1. The van der Waals surface area contributed by atoms with Crippen LogP contribution < -0.4 is 10.9 Å². The maximum Gasteiger partial charge on any atom is 0.291 e. The molecule has 0 spiro atoms. The summed E-state index contributed by atoms with van der Waals surface area (Å²) < 4.78 is 8.98. The van der Waals surface area contributed by atoms with Crippen molar-refractivity contribution in [3.63, 3.8) is 0 Å². The fourth-order valence-electron chi connectivity index (χ4n) is 4.69. The summed E-state index contributed by atoms with van der Waals surface area (Å²) in [6, 6.07) is 4.44. The van der Waals surface area contributed by atoms with Gasteiger partial charge in [-0.15, -0.1) is 11.3 Å². The van der Waals surface area contributed by atoms with E-state index in [0.29, 0.717) is 21.7 Å². The summed E-state index contributed by atoms with van der Waals surface area (Å²) in [5.74, 6) is 0.381. The molecule has 0 radical (unpaired) electrons. The standard InChI is InChI=1S/C21H26ClN5O3S.CH2O2/c1-30-12-18-24-26(20(29)16-8-13-9-17(22)31-21(13)27(16)18)11-19(28)23-14-4-3-7-25(10-14)15-5-2-6-15;2-1-3/h8-9,14-15H,2-7,10-12H2,1H3,(H,23,28);1H,(H,2,3)/t14-;/m1./s1. The number of carbonyl (C=O) groups excluding carboxylic acids is 1. The Bertz CT molecular complexity index is 1230. The van der Waals surface area contributed by atoms with Gasteiger partial charge in [-0.3, -0.25) is 23.7 Å². The molecule has 1 atom stereocenters. The molecule has 1 amide bonds. The van der Waals surface area contributed by atoms with Gasteiger partial charge in [-0.1, -0.05) is 18.0 Å². The van der Waals surface area contributed by atoms with Gasteiger partial charge in [0.1, 0.15) is 23.5 Å². The van der Waals surface area contributed by atoms with E-state index in [-0.39, 0.29) is 37.1 Å². The van der Waals surface area contributed by atoms with Crippen molar-refractivity contribution >= 4 is 51.1 Å². The highest BCUT2D eigenvalue weighted by atomic mass is 35.5. The van der Waals surface area contributed by atoms with Crippen LogP contribution in [-0.4, -0.2) is 68.9 Å². The zero-order valence-electron chi connectivity index (χ0n) is 18.9. The summed E-state index contributed by atoms with van der Waals surface area (Å²) in [6.07, 6.45) is 5.90. The van der Waals surface area contributed by atoms with Crippen molar-refractivity contribution in [2.45, 2.75) is 57.3 Å². The number of likely N-dealkylation sites (tertiary alicyclic amines) is 1. The number of thiophene rings is 1. The van der Waals surface area contributed by atoms with Gasteiger partial charge in [0.15, 0.2) is 5.82 Å². The molecule has 1 aliphatic carbocycles. The van der Waals surface area contributed by atoms with Crippen LogP contribution in [0.3, 0.4) is 0 Å². The van der Waals surface area contributed by atoms with Crippen molar-refractivity contribution in [3.05, 3.63) is 32.6 Å². The van der Waals surface area contributed by atoms with E-state index >= 15 is 0 Å². The summed E-state index contributed by atoms with van der Waals surface area (Å²) in [6.45, 7) is 1.87. The van der Waals surface area contributed by atoms with Gasteiger partial charge in [-0.25, -0.2) is 4.68 Å². The van der Waals surface area contributed by atoms with Crippen LogP contribution in [0.5, 0.6) is 0 Å². The van der Waals surface area contributed by atoms with Crippen LogP contribution in [0.2, 0.25) is 4.34 Å². The highest BCUT2D eigenvalue weighted by Gasteiger charge is 2.30. The van der Waals surface area contributed by atoms with Gasteiger partial charge >= 0.3 is 0 Å². The SMILES string of the molecule is COCc1nn(CC(=O)N[C@@H]2CCCN(C3CCC3)C2)c(=O)c2cc3cc(Cl)sc3n12.O=CO. The Hall–Kier alpha value is -2.47. The van der Waals surface area contributed by atoms with Gasteiger partial charge in [-0.2, -0.15) is 5.10 Å². The number of aromatic nitrogens is 3. The summed E-state index contributed by atoms with van der Waals surface area (Å²) in [7, 11) is 1.58. The minimum absolute atomic E-state index is 0.106. The first-order valence-corrected chi connectivity index (χ1v) is 12.4. The number of hydrogen-bond acceptors (Lipinski definition) is 7. The van der Waals surface area contributed by atoms with Gasteiger partial charge in [0.05, 0.1) is 4.34 Å². The van der Waals surface area contributed by atoms with Crippen LogP contribution in [-0.2, 0) is 27.5 Å². The number of methoxy groups -OCH3 is 1. The number of carboxylic acid groups (broad SMARTS) is 1. The maximum atomic E-state index is 13.1. The average Bonchev–Trinajstić information content (AvgIpc) is 3.27. The first-order valence-electron chi connectivity index (χ1n) is 11.3. The van der Waals surface area contributed by atoms with E-state index in [0.717, 1.165) is 36.1 Å². The Morgan fingerprint density at radius 1 is 1.35 bits per heavy atom. The van der Waals surface area contributed by atoms with Crippen molar-refractivity contribution in [1.82, 2.24) is 24.4 Å². The van der Waals surface area contributed by atoms with Crippen LogP contribution in [0.15, 0.2) is 16.9 Å². The Labute approximate surface area is 205 Å². The van der Waals surface area contributed by atoms with Gasteiger partial charge in [0.25, 0.3) is 12.0 Å². The topological polar surface area (TPSA) is 118 Å². The molecule has 2 aliphatic rings. The number of piperidine rings is 1. The second-order valence-electron chi connectivity index (χ2n) is 8.58. The Balaban J connectivity index is 0.000000868. The van der Waals surface area contributed by atoms with E-state index in [1.54, 1.807) is 17.6 Å². The zero-order chi connectivity index (χ0) is 24.2. The van der Waals surface area contributed by atoms with E-state index in [1.807, 2.05) is 6.07 Å². The van der Waals surface area contributed by atoms with Gasteiger partial charge in [0.2, 0.25) is 5.91 Å². The minimum Gasteiger partial charge on any atom is -0.483 e. The third kappa shape index (κ3) is 5.12. The number of ether oxygens (including phenoxy) is 1. The molecule has 3 aromatic heterocycles. The summed E-state index contributed by atoms with van der Waals surface area (Å²) in [5, 5.41) is 15.3. The minimum atomic E-state index is -0.297. The molecule has 34 heavy (non-hydrogen) atoms. The molecule has 10 nitrogen and oxygen atoms in total. The van der Waals surface area contributed by atoms with E-state index < -0.39 is 0 Å². The molecular weight excluding hydrogens is 482 g/mol. The second kappa shape index (κ2) is 10.9. The molecule has 2 fully saturated rings. The van der Waals surface area contributed by atoms with E-state index in [2.05, 4.69) is 15.3 Å². The third-order valence-electron chi connectivity index (χ3n) is 6.37. The number of fused-ring (bicyclic) bond motifs is 3. The predicted molar refractivity (Wildman–Crippen MR) is 130 cm³/mol. The van der Waals surface area contributed by atoms with Gasteiger partial charge < -0.3 is 15.2 Å². The molecule has 2 N–H and O–H groups in total. The molecular formula is C22H28ClN5O5S. The summed E-state index contributed by atoms with van der Waals surface area (Å²) in [4.78, 5) is 37.6. The third-order valence-corrected chi connectivity index (χ3v) is 7.63. The number of nitrogens with zero attached hydrogens (tertiary/aromatic N) is 4. The highest BCUT2D eigenvalue weighted by molar-refractivity contribution is 7.22. The van der Waals surface area contributed by atoms with Gasteiger partial charge in [0, 0.05) is 31.1 Å². The number of hydrogen-bond donors (Lipinski definition) is 2. The lowest BCUT2D eigenvalue weighted by molar-refractivity contribution is -0.123. The second-order valence-corrected chi connectivity index (χ2v) is 10.2. The molecule has 4 heterocycles. The Morgan fingerprint density at radius 2 is 2.12 bits per heavy atom. The molecule has 12 heteroatoms. The molecule has 0 unspecified atom stereocenters. The van der Waals surface area contributed by atoms with Crippen molar-refractivity contribution in [1.29, 1.82) is 0 Å².